The molecule has 1 aromatic heterocycles. The smallest absolute Gasteiger partial charge is 0.255 e. The van der Waals surface area contributed by atoms with Crippen molar-refractivity contribution in [1.82, 2.24) is 4.98 Å². The highest BCUT2D eigenvalue weighted by molar-refractivity contribution is 6.31. The molecule has 2 aromatic carbocycles. The molecule has 0 aliphatic heterocycles. The van der Waals surface area contributed by atoms with Crippen LogP contribution in [0.2, 0.25) is 5.02 Å². The third kappa shape index (κ3) is 4.99. The molecule has 0 saturated carbocycles. The molecule has 0 fully saturated rings. The normalized spacial score (nSPS) is 10.3. The number of anilines is 2. The van der Waals surface area contributed by atoms with Crippen LogP contribution in [0.15, 0.2) is 66.9 Å². The van der Waals surface area contributed by atoms with Gasteiger partial charge in [0.15, 0.2) is 0 Å². The first-order valence-electron chi connectivity index (χ1n) is 8.64. The van der Waals surface area contributed by atoms with E-state index in [2.05, 4.69) is 15.6 Å². The highest BCUT2D eigenvalue weighted by atomic mass is 35.5. The highest BCUT2D eigenvalue weighted by Crippen LogP contribution is 2.24. The van der Waals surface area contributed by atoms with E-state index in [-0.39, 0.29) is 5.91 Å². The zero-order chi connectivity index (χ0) is 19.1. The van der Waals surface area contributed by atoms with Crippen LogP contribution in [0.25, 0.3) is 0 Å². The van der Waals surface area contributed by atoms with Gasteiger partial charge >= 0.3 is 0 Å². The average molecular weight is 382 g/mol. The molecule has 1 heterocycles. The van der Waals surface area contributed by atoms with Crippen molar-refractivity contribution < 1.29 is 9.53 Å². The van der Waals surface area contributed by atoms with Crippen molar-refractivity contribution in [3.05, 3.63) is 83.0 Å². The molecular formula is C21H20ClN3O2. The van der Waals surface area contributed by atoms with Gasteiger partial charge in [-0.1, -0.05) is 41.9 Å². The number of carbonyl (C=O) groups is 1. The van der Waals surface area contributed by atoms with E-state index in [0.29, 0.717) is 41.0 Å². The van der Waals surface area contributed by atoms with E-state index in [4.69, 9.17) is 16.3 Å². The van der Waals surface area contributed by atoms with Crippen LogP contribution in [0.4, 0.5) is 11.5 Å². The Hall–Kier alpha value is -3.05. The molecule has 138 valence electrons. The van der Waals surface area contributed by atoms with Crippen molar-refractivity contribution in [1.29, 1.82) is 0 Å². The molecule has 0 spiro atoms. The van der Waals surface area contributed by atoms with Gasteiger partial charge in [-0.2, -0.15) is 0 Å². The van der Waals surface area contributed by atoms with E-state index in [1.807, 2.05) is 49.4 Å². The zero-order valence-electron chi connectivity index (χ0n) is 14.9. The van der Waals surface area contributed by atoms with Crippen molar-refractivity contribution in [2.24, 2.45) is 0 Å². The van der Waals surface area contributed by atoms with Crippen LogP contribution in [0, 0.1) is 0 Å². The fraction of sp³-hybridized carbons (Fsp3) is 0.143. The van der Waals surface area contributed by atoms with Gasteiger partial charge in [0.2, 0.25) is 0 Å². The SMILES string of the molecule is CCOc1ccccc1NC(=O)c1ccnc(NCc2ccccc2Cl)c1. The van der Waals surface area contributed by atoms with Crippen LogP contribution in [-0.2, 0) is 6.54 Å². The number of para-hydroxylation sites is 2. The summed E-state index contributed by atoms with van der Waals surface area (Å²) in [5, 5.41) is 6.76. The Morgan fingerprint density at radius 2 is 1.89 bits per heavy atom. The number of amides is 1. The van der Waals surface area contributed by atoms with Gasteiger partial charge in [-0.15, -0.1) is 0 Å². The lowest BCUT2D eigenvalue weighted by Gasteiger charge is -2.12. The Kier molecular flexibility index (Phi) is 6.28. The highest BCUT2D eigenvalue weighted by Gasteiger charge is 2.11. The molecular weight excluding hydrogens is 362 g/mol. The molecule has 3 rings (SSSR count). The Morgan fingerprint density at radius 1 is 1.11 bits per heavy atom. The summed E-state index contributed by atoms with van der Waals surface area (Å²) in [4.78, 5) is 16.9. The third-order valence-corrected chi connectivity index (χ3v) is 4.24. The van der Waals surface area contributed by atoms with Gasteiger partial charge in [-0.3, -0.25) is 4.79 Å². The van der Waals surface area contributed by atoms with Crippen LogP contribution in [0.1, 0.15) is 22.8 Å². The van der Waals surface area contributed by atoms with E-state index < -0.39 is 0 Å². The molecule has 0 aliphatic rings. The second-order valence-corrected chi connectivity index (χ2v) is 6.17. The number of hydrogen-bond acceptors (Lipinski definition) is 4. The lowest BCUT2D eigenvalue weighted by molar-refractivity contribution is 0.102. The number of rotatable bonds is 7. The van der Waals surface area contributed by atoms with E-state index in [9.17, 15) is 4.79 Å². The summed E-state index contributed by atoms with van der Waals surface area (Å²) in [6.07, 6.45) is 1.60. The molecule has 0 bridgehead atoms. The first kappa shape index (κ1) is 18.7. The molecule has 0 atom stereocenters. The molecule has 0 radical (unpaired) electrons. The van der Waals surface area contributed by atoms with Crippen molar-refractivity contribution >= 4 is 29.0 Å². The molecule has 2 N–H and O–H groups in total. The molecule has 27 heavy (non-hydrogen) atoms. The summed E-state index contributed by atoms with van der Waals surface area (Å²) in [5.41, 5.74) is 2.09. The maximum absolute atomic E-state index is 12.6. The Morgan fingerprint density at radius 3 is 2.70 bits per heavy atom. The summed E-state index contributed by atoms with van der Waals surface area (Å²) in [5.74, 6) is 1.01. The van der Waals surface area contributed by atoms with Crippen molar-refractivity contribution in [3.8, 4) is 5.75 Å². The number of pyridine rings is 1. The summed E-state index contributed by atoms with van der Waals surface area (Å²) in [6, 6.07) is 18.3. The number of halogens is 1. The number of ether oxygens (including phenoxy) is 1. The van der Waals surface area contributed by atoms with E-state index in [1.165, 1.54) is 0 Å². The lowest BCUT2D eigenvalue weighted by Crippen LogP contribution is -2.13. The number of hydrogen-bond donors (Lipinski definition) is 2. The zero-order valence-corrected chi connectivity index (χ0v) is 15.7. The Labute approximate surface area is 163 Å². The second kappa shape index (κ2) is 9.05. The van der Waals surface area contributed by atoms with Crippen LogP contribution >= 0.6 is 11.6 Å². The molecule has 0 unspecified atom stereocenters. The van der Waals surface area contributed by atoms with Gasteiger partial charge < -0.3 is 15.4 Å². The van der Waals surface area contributed by atoms with Gasteiger partial charge in [0.05, 0.1) is 12.3 Å². The minimum atomic E-state index is -0.231. The predicted octanol–water partition coefficient (Wildman–Crippen LogP) is 5.00. The van der Waals surface area contributed by atoms with Gasteiger partial charge in [0.1, 0.15) is 11.6 Å². The van der Waals surface area contributed by atoms with Crippen molar-refractivity contribution in [2.45, 2.75) is 13.5 Å². The monoisotopic (exact) mass is 381 g/mol. The topological polar surface area (TPSA) is 63.2 Å². The summed E-state index contributed by atoms with van der Waals surface area (Å²) < 4.78 is 5.54. The minimum absolute atomic E-state index is 0.231. The van der Waals surface area contributed by atoms with Crippen LogP contribution in [0.3, 0.4) is 0 Å². The second-order valence-electron chi connectivity index (χ2n) is 5.76. The standard InChI is InChI=1S/C21H20ClN3O2/c1-2-27-19-10-6-5-9-18(19)25-21(26)15-11-12-23-20(13-15)24-14-16-7-3-4-8-17(16)22/h3-13H,2,14H2,1H3,(H,23,24)(H,25,26). The first-order valence-corrected chi connectivity index (χ1v) is 9.01. The number of benzene rings is 2. The molecule has 0 aliphatic carbocycles. The van der Waals surface area contributed by atoms with Gasteiger partial charge in [-0.05, 0) is 42.8 Å². The van der Waals surface area contributed by atoms with Crippen LogP contribution < -0.4 is 15.4 Å². The first-order chi connectivity index (χ1) is 13.2. The fourth-order valence-corrected chi connectivity index (χ4v) is 2.74. The fourth-order valence-electron chi connectivity index (χ4n) is 2.54. The molecule has 0 saturated heterocycles. The molecule has 1 amide bonds. The van der Waals surface area contributed by atoms with Crippen LogP contribution in [-0.4, -0.2) is 17.5 Å². The number of nitrogens with one attached hydrogen (secondary N) is 2. The van der Waals surface area contributed by atoms with Gasteiger partial charge in [-0.25, -0.2) is 4.98 Å². The predicted molar refractivity (Wildman–Crippen MR) is 109 cm³/mol. The largest absolute Gasteiger partial charge is 0.492 e. The number of carbonyl (C=O) groups excluding carboxylic acids is 1. The summed E-state index contributed by atoms with van der Waals surface area (Å²) in [7, 11) is 0. The lowest BCUT2D eigenvalue weighted by atomic mass is 10.2. The maximum Gasteiger partial charge on any atom is 0.255 e. The summed E-state index contributed by atoms with van der Waals surface area (Å²) in [6.45, 7) is 2.95. The van der Waals surface area contributed by atoms with Gasteiger partial charge in [0.25, 0.3) is 5.91 Å². The number of aromatic nitrogens is 1. The molecule has 5 nitrogen and oxygen atoms in total. The summed E-state index contributed by atoms with van der Waals surface area (Å²) >= 11 is 6.17. The van der Waals surface area contributed by atoms with Crippen molar-refractivity contribution in [2.75, 3.05) is 17.2 Å². The quantitative estimate of drug-likeness (QED) is 0.604. The number of nitrogens with zero attached hydrogens (tertiary/aromatic N) is 1. The van der Waals surface area contributed by atoms with Gasteiger partial charge in [0, 0.05) is 23.3 Å². The third-order valence-electron chi connectivity index (χ3n) is 3.88. The van der Waals surface area contributed by atoms with E-state index >= 15 is 0 Å². The molecule has 6 heteroatoms. The Bertz CT molecular complexity index is 931. The van der Waals surface area contributed by atoms with E-state index in [1.54, 1.807) is 24.4 Å². The average Bonchev–Trinajstić information content (AvgIpc) is 2.69. The molecule has 3 aromatic rings. The maximum atomic E-state index is 12.6. The van der Waals surface area contributed by atoms with E-state index in [0.717, 1.165) is 5.56 Å². The van der Waals surface area contributed by atoms with Crippen LogP contribution in [0.5, 0.6) is 5.75 Å². The Balaban J connectivity index is 1.70. The van der Waals surface area contributed by atoms with Crippen molar-refractivity contribution in [3.63, 3.8) is 0 Å². The minimum Gasteiger partial charge on any atom is -0.492 e.